The summed E-state index contributed by atoms with van der Waals surface area (Å²) in [7, 11) is 0.132. The second-order valence-electron chi connectivity index (χ2n) is 4.65. The van der Waals surface area contributed by atoms with Gasteiger partial charge in [0.15, 0.2) is 0 Å². The van der Waals surface area contributed by atoms with Crippen molar-refractivity contribution >= 4 is 20.8 Å². The monoisotopic (exact) mass is 296 g/mol. The first-order valence-electron chi connectivity index (χ1n) is 6.68. The van der Waals surface area contributed by atoms with E-state index >= 15 is 0 Å². The molecule has 0 atom stereocenters. The van der Waals surface area contributed by atoms with Crippen molar-refractivity contribution in [2.45, 2.75) is 20.0 Å². The molecule has 0 spiro atoms. The van der Waals surface area contributed by atoms with Gasteiger partial charge in [0.05, 0.1) is 11.7 Å². The zero-order valence-corrected chi connectivity index (χ0v) is 13.0. The van der Waals surface area contributed by atoms with Crippen molar-refractivity contribution < 1.29 is 9.53 Å². The number of amides is 1. The molecule has 0 aromatic heterocycles. The number of rotatable bonds is 5. The lowest BCUT2D eigenvalue weighted by atomic mass is 10.2. The average Bonchev–Trinajstić information content (AvgIpc) is 2.48. The molecular weight excluding hydrogens is 280 g/mol. The third-order valence-electron chi connectivity index (χ3n) is 2.57. The summed E-state index contributed by atoms with van der Waals surface area (Å²) in [5.74, 6) is 0.161. The van der Waals surface area contributed by atoms with E-state index in [-0.39, 0.29) is 21.7 Å². The third-order valence-corrected chi connectivity index (χ3v) is 3.37. The molecule has 106 valence electrons. The number of carbonyl (C=O) groups is 1. The molecule has 0 saturated heterocycles. The Hall–Kier alpha value is -2.27. The van der Waals surface area contributed by atoms with Crippen molar-refractivity contribution in [3.8, 4) is 5.75 Å². The van der Waals surface area contributed by atoms with Crippen molar-refractivity contribution in [1.29, 1.82) is 0 Å². The SMILES string of the molecule is CC(C)Oc1ccccc1C(=O)N=N[Si]c1ccccc1. The van der Waals surface area contributed by atoms with Crippen molar-refractivity contribution in [2.24, 2.45) is 9.89 Å². The maximum atomic E-state index is 12.1. The van der Waals surface area contributed by atoms with Gasteiger partial charge in [0.25, 0.3) is 15.6 Å². The lowest BCUT2D eigenvalue weighted by Crippen LogP contribution is -2.11. The highest BCUT2D eigenvalue weighted by atomic mass is 28.2. The largest absolute Gasteiger partial charge is 0.490 e. The molecule has 0 N–H and O–H groups in total. The van der Waals surface area contributed by atoms with Gasteiger partial charge in [-0.3, -0.25) is 4.79 Å². The van der Waals surface area contributed by atoms with Crippen LogP contribution in [0.5, 0.6) is 5.75 Å². The Morgan fingerprint density at radius 1 is 1.05 bits per heavy atom. The number of hydrogen-bond donors (Lipinski definition) is 0. The fourth-order valence-electron chi connectivity index (χ4n) is 1.69. The predicted octanol–water partition coefficient (Wildman–Crippen LogP) is 3.01. The second-order valence-corrected chi connectivity index (χ2v) is 5.65. The minimum atomic E-state index is -0.380. The molecule has 5 heteroatoms. The van der Waals surface area contributed by atoms with Crippen molar-refractivity contribution in [3.63, 3.8) is 0 Å². The van der Waals surface area contributed by atoms with Crippen LogP contribution in [0, 0.1) is 0 Å². The molecule has 4 nitrogen and oxygen atoms in total. The molecule has 1 amide bonds. The first kappa shape index (κ1) is 15.1. The maximum Gasteiger partial charge on any atom is 0.297 e. The quantitative estimate of drug-likeness (QED) is 0.629. The minimum absolute atomic E-state index is 0.00193. The Balaban J connectivity index is 2.06. The van der Waals surface area contributed by atoms with Crippen molar-refractivity contribution in [1.82, 2.24) is 0 Å². The number of nitrogens with zero attached hydrogens (tertiary/aromatic N) is 2. The number of ether oxygens (including phenoxy) is 1. The van der Waals surface area contributed by atoms with Gasteiger partial charge in [-0.2, -0.15) is 0 Å². The first-order valence-corrected chi connectivity index (χ1v) is 7.63. The Morgan fingerprint density at radius 2 is 1.71 bits per heavy atom. The van der Waals surface area contributed by atoms with Gasteiger partial charge in [-0.05, 0) is 31.2 Å². The fraction of sp³-hybridized carbons (Fsp3) is 0.188. The van der Waals surface area contributed by atoms with E-state index in [4.69, 9.17) is 4.74 Å². The molecule has 21 heavy (non-hydrogen) atoms. The molecule has 0 fully saturated rings. The van der Waals surface area contributed by atoms with Crippen LogP contribution < -0.4 is 9.92 Å². The van der Waals surface area contributed by atoms with Gasteiger partial charge in [-0.25, -0.2) is 4.78 Å². The molecule has 2 aromatic rings. The minimum Gasteiger partial charge on any atom is -0.490 e. The van der Waals surface area contributed by atoms with E-state index in [9.17, 15) is 4.79 Å². The van der Waals surface area contributed by atoms with Crippen LogP contribution in [0.4, 0.5) is 0 Å². The molecule has 0 aliphatic heterocycles. The zero-order chi connectivity index (χ0) is 15.1. The van der Waals surface area contributed by atoms with Crippen molar-refractivity contribution in [3.05, 3.63) is 60.2 Å². The molecule has 0 aliphatic carbocycles. The van der Waals surface area contributed by atoms with Crippen LogP contribution in [0.25, 0.3) is 0 Å². The van der Waals surface area contributed by atoms with Gasteiger partial charge in [-0.1, -0.05) is 42.5 Å². The van der Waals surface area contributed by atoms with Gasteiger partial charge in [-0.15, -0.1) is 5.11 Å². The number of para-hydroxylation sites is 1. The van der Waals surface area contributed by atoms with E-state index < -0.39 is 0 Å². The zero-order valence-electron chi connectivity index (χ0n) is 12.0. The van der Waals surface area contributed by atoms with E-state index in [2.05, 4.69) is 9.89 Å². The van der Waals surface area contributed by atoms with E-state index in [0.29, 0.717) is 11.3 Å². The fourth-order valence-corrected chi connectivity index (χ4v) is 2.29. The number of benzene rings is 2. The van der Waals surface area contributed by atoms with Crippen LogP contribution in [0.2, 0.25) is 0 Å². The Labute approximate surface area is 126 Å². The van der Waals surface area contributed by atoms with Crippen LogP contribution >= 0.6 is 0 Å². The molecule has 2 aromatic carbocycles. The van der Waals surface area contributed by atoms with E-state index in [0.717, 1.165) is 5.19 Å². The highest BCUT2D eigenvalue weighted by molar-refractivity contribution is 6.51. The van der Waals surface area contributed by atoms with E-state index in [1.165, 1.54) is 0 Å². The van der Waals surface area contributed by atoms with Gasteiger partial charge in [0, 0.05) is 0 Å². The average molecular weight is 296 g/mol. The molecule has 2 radical (unpaired) electrons. The van der Waals surface area contributed by atoms with Gasteiger partial charge in [0.2, 0.25) is 0 Å². The standard InChI is InChI=1S/C16H16N2O2Si/c1-12(2)20-15-11-7-6-10-14(15)16(19)17-18-21-13-8-4-3-5-9-13/h3-12H,1-2H3. The van der Waals surface area contributed by atoms with Crippen molar-refractivity contribution in [2.75, 3.05) is 0 Å². The van der Waals surface area contributed by atoms with Crippen LogP contribution in [-0.2, 0) is 0 Å². The summed E-state index contributed by atoms with van der Waals surface area (Å²) in [6, 6.07) is 16.8. The number of carbonyl (C=O) groups excluding carboxylic acids is 1. The smallest absolute Gasteiger partial charge is 0.297 e. The Kier molecular flexibility index (Phi) is 5.40. The molecule has 0 unspecified atom stereocenters. The molecular formula is C16H16N2O2Si. The maximum absolute atomic E-state index is 12.1. The topological polar surface area (TPSA) is 51.0 Å². The Morgan fingerprint density at radius 3 is 2.43 bits per heavy atom. The summed E-state index contributed by atoms with van der Waals surface area (Å²) in [5, 5.41) is 4.82. The lowest BCUT2D eigenvalue weighted by Gasteiger charge is -2.11. The van der Waals surface area contributed by atoms with E-state index in [1.54, 1.807) is 18.2 Å². The lowest BCUT2D eigenvalue weighted by molar-refractivity contribution is 0.0990. The molecule has 0 heterocycles. The normalized spacial score (nSPS) is 11.0. The van der Waals surface area contributed by atoms with Crippen LogP contribution in [0.15, 0.2) is 64.5 Å². The summed E-state index contributed by atoms with van der Waals surface area (Å²) in [6.07, 6.45) is 0.00193. The first-order chi connectivity index (χ1) is 10.2. The van der Waals surface area contributed by atoms with Crippen LogP contribution in [-0.4, -0.2) is 21.7 Å². The molecule has 0 bridgehead atoms. The second kappa shape index (κ2) is 7.49. The van der Waals surface area contributed by atoms with Gasteiger partial charge in [0.1, 0.15) is 5.75 Å². The van der Waals surface area contributed by atoms with Gasteiger partial charge < -0.3 is 4.74 Å². The highest BCUT2D eigenvalue weighted by Crippen LogP contribution is 2.20. The predicted molar refractivity (Wildman–Crippen MR) is 83.2 cm³/mol. The summed E-state index contributed by atoms with van der Waals surface area (Å²) in [5.41, 5.74) is 0.438. The highest BCUT2D eigenvalue weighted by Gasteiger charge is 2.12. The van der Waals surface area contributed by atoms with Gasteiger partial charge >= 0.3 is 0 Å². The third kappa shape index (κ3) is 4.64. The van der Waals surface area contributed by atoms with Crippen LogP contribution in [0.3, 0.4) is 0 Å². The van der Waals surface area contributed by atoms with Crippen LogP contribution in [0.1, 0.15) is 24.2 Å². The summed E-state index contributed by atoms with van der Waals surface area (Å²) >= 11 is 0. The number of hydrogen-bond acceptors (Lipinski definition) is 3. The van der Waals surface area contributed by atoms with E-state index in [1.807, 2.05) is 50.2 Å². The molecule has 0 saturated carbocycles. The summed E-state index contributed by atoms with van der Waals surface area (Å²) in [6.45, 7) is 3.83. The summed E-state index contributed by atoms with van der Waals surface area (Å²) in [4.78, 5) is 12.1. The summed E-state index contributed by atoms with van der Waals surface area (Å²) < 4.78 is 9.60. The molecule has 0 aliphatic rings. The Bertz CT molecular complexity index is 627. The molecule has 2 rings (SSSR count).